The van der Waals surface area contributed by atoms with Crippen LogP contribution in [0.4, 0.5) is 0 Å². The second-order valence-corrected chi connectivity index (χ2v) is 5.91. The van der Waals surface area contributed by atoms with Crippen LogP contribution in [0.3, 0.4) is 0 Å². The van der Waals surface area contributed by atoms with E-state index in [1.165, 1.54) is 0 Å². The van der Waals surface area contributed by atoms with E-state index >= 15 is 0 Å². The summed E-state index contributed by atoms with van der Waals surface area (Å²) in [5.41, 5.74) is 6.95. The fraction of sp³-hybridized carbons (Fsp3) is 0.188. The largest absolute Gasteiger partial charge is 0.287 e. The van der Waals surface area contributed by atoms with E-state index in [2.05, 4.69) is 10.9 Å². The number of halogens is 1. The van der Waals surface area contributed by atoms with Crippen LogP contribution < -0.4 is 10.9 Å². The van der Waals surface area contributed by atoms with E-state index in [4.69, 9.17) is 11.6 Å². The first kappa shape index (κ1) is 13.2. The van der Waals surface area contributed by atoms with Gasteiger partial charge in [0.15, 0.2) is 0 Å². The molecule has 3 nitrogen and oxygen atoms in total. The van der Waals surface area contributed by atoms with E-state index in [1.807, 2.05) is 56.3 Å². The van der Waals surface area contributed by atoms with Crippen molar-refractivity contribution in [2.24, 2.45) is 0 Å². The molecular formula is C16H15ClN2O. The molecule has 1 aliphatic heterocycles. The SMILES string of the molecule is CC1(C)NNC(=O)/C1=C\c1cccc2ccc(Cl)cc12. The van der Waals surface area contributed by atoms with Gasteiger partial charge in [0.2, 0.25) is 0 Å². The highest BCUT2D eigenvalue weighted by Crippen LogP contribution is 2.28. The van der Waals surface area contributed by atoms with E-state index < -0.39 is 5.54 Å². The molecule has 0 aliphatic carbocycles. The number of carbonyl (C=O) groups is 1. The number of fused-ring (bicyclic) bond motifs is 1. The predicted octanol–water partition coefficient (Wildman–Crippen LogP) is 3.29. The highest BCUT2D eigenvalue weighted by molar-refractivity contribution is 6.31. The maximum atomic E-state index is 11.9. The van der Waals surface area contributed by atoms with Gasteiger partial charge in [-0.05, 0) is 48.4 Å². The molecule has 1 fully saturated rings. The van der Waals surface area contributed by atoms with Crippen molar-refractivity contribution < 1.29 is 4.79 Å². The molecule has 102 valence electrons. The number of benzene rings is 2. The van der Waals surface area contributed by atoms with Gasteiger partial charge in [0.05, 0.1) is 5.54 Å². The summed E-state index contributed by atoms with van der Waals surface area (Å²) in [6, 6.07) is 11.8. The van der Waals surface area contributed by atoms with Crippen molar-refractivity contribution in [2.75, 3.05) is 0 Å². The molecule has 2 aromatic rings. The van der Waals surface area contributed by atoms with Gasteiger partial charge >= 0.3 is 0 Å². The van der Waals surface area contributed by atoms with Gasteiger partial charge in [0.25, 0.3) is 5.91 Å². The lowest BCUT2D eigenvalue weighted by Gasteiger charge is -2.17. The number of hydrogen-bond acceptors (Lipinski definition) is 2. The Hall–Kier alpha value is -1.84. The van der Waals surface area contributed by atoms with Crippen molar-refractivity contribution >= 4 is 34.4 Å². The number of hydrazine groups is 1. The highest BCUT2D eigenvalue weighted by atomic mass is 35.5. The molecule has 1 saturated heterocycles. The fourth-order valence-electron chi connectivity index (χ4n) is 2.43. The molecule has 0 bridgehead atoms. The normalized spacial score (nSPS) is 19.6. The Morgan fingerprint density at radius 2 is 2.00 bits per heavy atom. The van der Waals surface area contributed by atoms with Gasteiger partial charge in [-0.25, -0.2) is 5.43 Å². The Morgan fingerprint density at radius 1 is 1.20 bits per heavy atom. The Kier molecular flexibility index (Phi) is 3.04. The van der Waals surface area contributed by atoms with Gasteiger partial charge < -0.3 is 0 Å². The number of hydrogen-bond donors (Lipinski definition) is 2. The van der Waals surface area contributed by atoms with Gasteiger partial charge in [-0.15, -0.1) is 0 Å². The van der Waals surface area contributed by atoms with Crippen LogP contribution in [0.15, 0.2) is 42.0 Å². The van der Waals surface area contributed by atoms with E-state index in [1.54, 1.807) is 0 Å². The first-order valence-corrected chi connectivity index (χ1v) is 6.83. The van der Waals surface area contributed by atoms with Crippen molar-refractivity contribution in [3.63, 3.8) is 0 Å². The summed E-state index contributed by atoms with van der Waals surface area (Å²) in [4.78, 5) is 11.9. The quantitative estimate of drug-likeness (QED) is 0.790. The number of carbonyl (C=O) groups excluding carboxylic acids is 1. The molecule has 2 aromatic carbocycles. The summed E-state index contributed by atoms with van der Waals surface area (Å²) in [6.45, 7) is 3.93. The van der Waals surface area contributed by atoms with Crippen LogP contribution in [0.25, 0.3) is 16.8 Å². The summed E-state index contributed by atoms with van der Waals surface area (Å²) in [7, 11) is 0. The molecule has 3 rings (SSSR count). The minimum Gasteiger partial charge on any atom is -0.287 e. The van der Waals surface area contributed by atoms with Gasteiger partial charge in [0.1, 0.15) is 0 Å². The van der Waals surface area contributed by atoms with E-state index in [0.29, 0.717) is 10.6 Å². The molecule has 0 aromatic heterocycles. The minimum atomic E-state index is -0.391. The zero-order chi connectivity index (χ0) is 14.3. The molecule has 0 atom stereocenters. The van der Waals surface area contributed by atoms with E-state index in [-0.39, 0.29) is 5.91 Å². The first-order valence-electron chi connectivity index (χ1n) is 6.45. The molecule has 1 heterocycles. The zero-order valence-corrected chi connectivity index (χ0v) is 12.1. The van der Waals surface area contributed by atoms with Crippen LogP contribution in [0.1, 0.15) is 19.4 Å². The zero-order valence-electron chi connectivity index (χ0n) is 11.3. The molecule has 1 aliphatic rings. The standard InChI is InChI=1S/C16H15ClN2O/c1-16(2)14(15(20)18-19-16)8-11-5-3-4-10-6-7-12(17)9-13(10)11/h3-9,19H,1-2H3,(H,18,20)/b14-8+. The number of amides is 1. The third-order valence-corrected chi connectivity index (χ3v) is 3.82. The lowest BCUT2D eigenvalue weighted by Crippen LogP contribution is -2.38. The Labute approximate surface area is 122 Å². The summed E-state index contributed by atoms with van der Waals surface area (Å²) in [6.07, 6.45) is 1.92. The second kappa shape index (κ2) is 4.62. The average molecular weight is 287 g/mol. The first-order chi connectivity index (χ1) is 9.47. The average Bonchev–Trinajstić information content (AvgIpc) is 2.66. The summed E-state index contributed by atoms with van der Waals surface area (Å²) < 4.78 is 0. The minimum absolute atomic E-state index is 0.0889. The van der Waals surface area contributed by atoms with E-state index in [9.17, 15) is 4.79 Å². The Bertz CT molecular complexity index is 734. The fourth-order valence-corrected chi connectivity index (χ4v) is 2.60. The molecular weight excluding hydrogens is 272 g/mol. The van der Waals surface area contributed by atoms with Crippen molar-refractivity contribution in [1.82, 2.24) is 10.9 Å². The van der Waals surface area contributed by atoms with Crippen LogP contribution >= 0.6 is 11.6 Å². The van der Waals surface area contributed by atoms with Crippen LogP contribution in [0, 0.1) is 0 Å². The third-order valence-electron chi connectivity index (χ3n) is 3.58. The molecule has 0 saturated carbocycles. The molecule has 0 unspecified atom stereocenters. The molecule has 0 spiro atoms. The van der Waals surface area contributed by atoms with Crippen LogP contribution in [0.5, 0.6) is 0 Å². The summed E-state index contributed by atoms with van der Waals surface area (Å²) >= 11 is 6.08. The molecule has 20 heavy (non-hydrogen) atoms. The molecule has 1 amide bonds. The number of rotatable bonds is 1. The monoisotopic (exact) mass is 286 g/mol. The maximum absolute atomic E-state index is 11.9. The van der Waals surface area contributed by atoms with Crippen LogP contribution in [-0.4, -0.2) is 11.4 Å². The van der Waals surface area contributed by atoms with Crippen molar-refractivity contribution in [1.29, 1.82) is 0 Å². The van der Waals surface area contributed by atoms with Crippen LogP contribution in [0.2, 0.25) is 5.02 Å². The molecule has 2 N–H and O–H groups in total. The van der Waals surface area contributed by atoms with Crippen LogP contribution in [-0.2, 0) is 4.79 Å². The van der Waals surface area contributed by atoms with Gasteiger partial charge in [-0.1, -0.05) is 35.9 Å². The predicted molar refractivity (Wildman–Crippen MR) is 82.3 cm³/mol. The second-order valence-electron chi connectivity index (χ2n) is 5.47. The summed E-state index contributed by atoms with van der Waals surface area (Å²) in [5.74, 6) is -0.0889. The van der Waals surface area contributed by atoms with Crippen molar-refractivity contribution in [3.05, 3.63) is 52.6 Å². The Morgan fingerprint density at radius 3 is 2.70 bits per heavy atom. The molecule has 0 radical (unpaired) electrons. The Balaban J connectivity index is 2.20. The lowest BCUT2D eigenvalue weighted by molar-refractivity contribution is -0.116. The van der Waals surface area contributed by atoms with Crippen molar-refractivity contribution in [3.8, 4) is 0 Å². The van der Waals surface area contributed by atoms with E-state index in [0.717, 1.165) is 16.3 Å². The highest BCUT2D eigenvalue weighted by Gasteiger charge is 2.34. The third kappa shape index (κ3) is 2.19. The number of nitrogens with one attached hydrogen (secondary N) is 2. The smallest absolute Gasteiger partial charge is 0.263 e. The molecule has 4 heteroatoms. The van der Waals surface area contributed by atoms with Gasteiger partial charge in [-0.2, -0.15) is 0 Å². The topological polar surface area (TPSA) is 41.1 Å². The lowest BCUT2D eigenvalue weighted by atomic mass is 9.92. The maximum Gasteiger partial charge on any atom is 0.263 e. The summed E-state index contributed by atoms with van der Waals surface area (Å²) in [5, 5.41) is 2.84. The van der Waals surface area contributed by atoms with Gasteiger partial charge in [0, 0.05) is 10.6 Å². The van der Waals surface area contributed by atoms with Gasteiger partial charge in [-0.3, -0.25) is 10.2 Å². The van der Waals surface area contributed by atoms with Crippen molar-refractivity contribution in [2.45, 2.75) is 19.4 Å².